The summed E-state index contributed by atoms with van der Waals surface area (Å²) in [6.07, 6.45) is 2.30. The molecule has 1 rings (SSSR count). The molecule has 20 heavy (non-hydrogen) atoms. The maximum absolute atomic E-state index is 5.53. The molecule has 4 nitrogen and oxygen atoms in total. The van der Waals surface area contributed by atoms with E-state index in [2.05, 4.69) is 29.4 Å². The van der Waals surface area contributed by atoms with Crippen LogP contribution in [0.3, 0.4) is 0 Å². The number of guanidine groups is 1. The molecule has 0 amide bonds. The normalized spacial score (nSPS) is 11.4. The Morgan fingerprint density at radius 3 is 2.60 bits per heavy atom. The summed E-state index contributed by atoms with van der Waals surface area (Å²) < 4.78 is 5.53. The first kappa shape index (κ1) is 16.5. The summed E-state index contributed by atoms with van der Waals surface area (Å²) in [6.45, 7) is 5.21. The second-order valence-electron chi connectivity index (χ2n) is 4.91. The Morgan fingerprint density at radius 2 is 1.95 bits per heavy atom. The average molecular weight is 277 g/mol. The van der Waals surface area contributed by atoms with E-state index in [1.807, 2.05) is 37.2 Å². The standard InChI is InChI=1S/C16H27N3O/c1-4-5-12-20-13-11-17-16(19(2)3)18-14-15-9-7-6-8-10-15/h6-10H,4-5,11-14H2,1-3H3,(H,17,18). The summed E-state index contributed by atoms with van der Waals surface area (Å²) >= 11 is 0. The van der Waals surface area contributed by atoms with Gasteiger partial charge in [-0.1, -0.05) is 43.7 Å². The molecule has 0 unspecified atom stereocenters. The van der Waals surface area contributed by atoms with Gasteiger partial charge < -0.3 is 15.0 Å². The van der Waals surface area contributed by atoms with Gasteiger partial charge in [0.05, 0.1) is 13.2 Å². The van der Waals surface area contributed by atoms with Crippen molar-refractivity contribution in [1.82, 2.24) is 10.2 Å². The van der Waals surface area contributed by atoms with Gasteiger partial charge in [-0.3, -0.25) is 0 Å². The second kappa shape index (κ2) is 10.3. The van der Waals surface area contributed by atoms with Crippen molar-refractivity contribution in [3.8, 4) is 0 Å². The highest BCUT2D eigenvalue weighted by molar-refractivity contribution is 5.79. The van der Waals surface area contributed by atoms with Gasteiger partial charge in [-0.05, 0) is 12.0 Å². The fourth-order valence-electron chi connectivity index (χ4n) is 1.69. The molecule has 0 aliphatic rings. The molecule has 0 aliphatic carbocycles. The highest BCUT2D eigenvalue weighted by atomic mass is 16.5. The molecule has 1 N–H and O–H groups in total. The zero-order valence-electron chi connectivity index (χ0n) is 12.9. The van der Waals surface area contributed by atoms with Gasteiger partial charge in [0, 0.05) is 27.2 Å². The van der Waals surface area contributed by atoms with Crippen molar-refractivity contribution < 1.29 is 4.74 Å². The zero-order valence-corrected chi connectivity index (χ0v) is 12.9. The van der Waals surface area contributed by atoms with Gasteiger partial charge in [-0.15, -0.1) is 0 Å². The van der Waals surface area contributed by atoms with E-state index in [-0.39, 0.29) is 0 Å². The first-order chi connectivity index (χ1) is 9.74. The highest BCUT2D eigenvalue weighted by Crippen LogP contribution is 2.00. The molecule has 0 heterocycles. The second-order valence-corrected chi connectivity index (χ2v) is 4.91. The number of ether oxygens (including phenoxy) is 1. The van der Waals surface area contributed by atoms with Crippen molar-refractivity contribution in [2.75, 3.05) is 33.9 Å². The van der Waals surface area contributed by atoms with Gasteiger partial charge in [-0.25, -0.2) is 4.99 Å². The summed E-state index contributed by atoms with van der Waals surface area (Å²) in [7, 11) is 3.99. The largest absolute Gasteiger partial charge is 0.380 e. The summed E-state index contributed by atoms with van der Waals surface area (Å²) in [4.78, 5) is 6.60. The monoisotopic (exact) mass is 277 g/mol. The van der Waals surface area contributed by atoms with Crippen molar-refractivity contribution in [1.29, 1.82) is 0 Å². The van der Waals surface area contributed by atoms with Crippen LogP contribution in [0, 0.1) is 0 Å². The molecule has 0 spiro atoms. The maximum atomic E-state index is 5.53. The maximum Gasteiger partial charge on any atom is 0.193 e. The van der Waals surface area contributed by atoms with Gasteiger partial charge in [0.15, 0.2) is 5.96 Å². The van der Waals surface area contributed by atoms with Gasteiger partial charge in [0.25, 0.3) is 0 Å². The van der Waals surface area contributed by atoms with Crippen LogP contribution >= 0.6 is 0 Å². The Morgan fingerprint density at radius 1 is 1.20 bits per heavy atom. The van der Waals surface area contributed by atoms with Crippen LogP contribution in [-0.2, 0) is 11.3 Å². The summed E-state index contributed by atoms with van der Waals surface area (Å²) in [5.41, 5.74) is 1.22. The fraction of sp³-hybridized carbons (Fsp3) is 0.562. The van der Waals surface area contributed by atoms with Crippen molar-refractivity contribution >= 4 is 5.96 Å². The van der Waals surface area contributed by atoms with Crippen molar-refractivity contribution in [2.24, 2.45) is 4.99 Å². The van der Waals surface area contributed by atoms with E-state index < -0.39 is 0 Å². The first-order valence-corrected chi connectivity index (χ1v) is 7.31. The Labute approximate surface area is 122 Å². The van der Waals surface area contributed by atoms with Crippen LogP contribution in [-0.4, -0.2) is 44.7 Å². The topological polar surface area (TPSA) is 36.9 Å². The van der Waals surface area contributed by atoms with E-state index in [1.165, 1.54) is 12.0 Å². The lowest BCUT2D eigenvalue weighted by molar-refractivity contribution is 0.135. The van der Waals surface area contributed by atoms with Gasteiger partial charge in [0.2, 0.25) is 0 Å². The molecule has 0 saturated carbocycles. The first-order valence-electron chi connectivity index (χ1n) is 7.31. The number of benzene rings is 1. The number of nitrogens with zero attached hydrogens (tertiary/aromatic N) is 2. The van der Waals surface area contributed by atoms with E-state index >= 15 is 0 Å². The van der Waals surface area contributed by atoms with Crippen LogP contribution in [0.15, 0.2) is 35.3 Å². The number of unbranched alkanes of at least 4 members (excludes halogenated alkanes) is 1. The third kappa shape index (κ3) is 7.14. The summed E-state index contributed by atoms with van der Waals surface area (Å²) in [5.74, 6) is 0.896. The number of rotatable bonds is 8. The summed E-state index contributed by atoms with van der Waals surface area (Å²) in [6, 6.07) is 10.3. The highest BCUT2D eigenvalue weighted by Gasteiger charge is 2.00. The minimum Gasteiger partial charge on any atom is -0.380 e. The Kier molecular flexibility index (Phi) is 8.47. The van der Waals surface area contributed by atoms with Crippen molar-refractivity contribution in [2.45, 2.75) is 26.3 Å². The molecule has 0 aliphatic heterocycles. The number of hydrogen-bond acceptors (Lipinski definition) is 2. The third-order valence-corrected chi connectivity index (χ3v) is 2.85. The van der Waals surface area contributed by atoms with Crippen molar-refractivity contribution in [3.05, 3.63) is 35.9 Å². The number of hydrogen-bond donors (Lipinski definition) is 1. The molecular weight excluding hydrogens is 250 g/mol. The van der Waals surface area contributed by atoms with E-state index in [4.69, 9.17) is 4.74 Å². The van der Waals surface area contributed by atoms with Crippen LogP contribution in [0.2, 0.25) is 0 Å². The molecule has 0 aromatic heterocycles. The van der Waals surface area contributed by atoms with Crippen molar-refractivity contribution in [3.63, 3.8) is 0 Å². The lowest BCUT2D eigenvalue weighted by Crippen LogP contribution is -2.38. The Hall–Kier alpha value is -1.55. The van der Waals surface area contributed by atoms with E-state index in [0.29, 0.717) is 6.54 Å². The molecular formula is C16H27N3O. The number of aliphatic imine (C=N–C) groups is 1. The lowest BCUT2D eigenvalue weighted by atomic mass is 10.2. The van der Waals surface area contributed by atoms with E-state index in [1.54, 1.807) is 0 Å². The van der Waals surface area contributed by atoms with Gasteiger partial charge >= 0.3 is 0 Å². The smallest absolute Gasteiger partial charge is 0.193 e. The fourth-order valence-corrected chi connectivity index (χ4v) is 1.69. The third-order valence-electron chi connectivity index (χ3n) is 2.85. The van der Waals surface area contributed by atoms with Crippen LogP contribution in [0.5, 0.6) is 0 Å². The average Bonchev–Trinajstić information content (AvgIpc) is 2.46. The Balaban J connectivity index is 2.32. The molecule has 0 atom stereocenters. The lowest BCUT2D eigenvalue weighted by Gasteiger charge is -2.17. The molecule has 0 saturated heterocycles. The van der Waals surface area contributed by atoms with E-state index in [9.17, 15) is 0 Å². The van der Waals surface area contributed by atoms with Crippen LogP contribution in [0.25, 0.3) is 0 Å². The van der Waals surface area contributed by atoms with Gasteiger partial charge in [0.1, 0.15) is 0 Å². The predicted molar refractivity (Wildman–Crippen MR) is 85.0 cm³/mol. The minimum atomic E-state index is 0.693. The predicted octanol–water partition coefficient (Wildman–Crippen LogP) is 2.51. The van der Waals surface area contributed by atoms with E-state index in [0.717, 1.165) is 32.1 Å². The molecule has 0 radical (unpaired) electrons. The molecule has 1 aromatic rings. The molecule has 0 bridgehead atoms. The molecule has 0 fully saturated rings. The molecule has 1 aromatic carbocycles. The van der Waals surface area contributed by atoms with Crippen LogP contribution in [0.1, 0.15) is 25.3 Å². The van der Waals surface area contributed by atoms with Gasteiger partial charge in [-0.2, -0.15) is 0 Å². The molecule has 112 valence electrons. The quantitative estimate of drug-likeness (QED) is 0.451. The van der Waals surface area contributed by atoms with Crippen LogP contribution in [0.4, 0.5) is 0 Å². The Bertz CT molecular complexity index is 377. The SMILES string of the molecule is CCCCOCCNC(=NCc1ccccc1)N(C)C. The number of nitrogens with one attached hydrogen (secondary N) is 1. The minimum absolute atomic E-state index is 0.693. The van der Waals surface area contributed by atoms with Crippen LogP contribution < -0.4 is 5.32 Å². The summed E-state index contributed by atoms with van der Waals surface area (Å²) in [5, 5.41) is 3.32. The zero-order chi connectivity index (χ0) is 14.6. The molecule has 4 heteroatoms.